The van der Waals surface area contributed by atoms with Gasteiger partial charge in [0.05, 0.1) is 0 Å². The smallest absolute Gasteiger partial charge is 0.115 e. The predicted molar refractivity (Wildman–Crippen MR) is 40.6 cm³/mol. The van der Waals surface area contributed by atoms with Crippen LogP contribution in [0.4, 0.5) is 0 Å². The second-order valence-electron chi connectivity index (χ2n) is 2.38. The molecule has 10 heavy (non-hydrogen) atoms. The molecule has 0 atom stereocenters. The lowest BCUT2D eigenvalue weighted by atomic mass is 10.1. The van der Waals surface area contributed by atoms with Gasteiger partial charge in [-0.05, 0) is 18.9 Å². The largest absolute Gasteiger partial charge is 0.245 e. The highest BCUT2D eigenvalue weighted by molar-refractivity contribution is 5.11. The van der Waals surface area contributed by atoms with E-state index in [-0.39, 0.29) is 0 Å². The summed E-state index contributed by atoms with van der Waals surface area (Å²) < 4.78 is 0. The summed E-state index contributed by atoms with van der Waals surface area (Å²) in [5.74, 6) is 0. The van der Waals surface area contributed by atoms with Gasteiger partial charge in [-0.15, -0.1) is 0 Å². The Kier molecular flexibility index (Phi) is 2.15. The Bertz CT molecular complexity index is 216. The maximum Gasteiger partial charge on any atom is 0.115 e. The number of hydrogen-bond acceptors (Lipinski definition) is 2. The van der Waals surface area contributed by atoms with E-state index < -0.39 is 0 Å². The highest BCUT2D eigenvalue weighted by Crippen LogP contribution is 2.00. The van der Waals surface area contributed by atoms with Gasteiger partial charge in [-0.1, -0.05) is 12.2 Å². The standard InChI is InChI=1S/C8H10N2/c1-7(2)3-8-4-9-6-10-5-8/h4-6H,1,3H2,2H3. The van der Waals surface area contributed by atoms with Crippen molar-refractivity contribution >= 4 is 0 Å². The minimum absolute atomic E-state index is 0.876. The third-order valence-corrected chi connectivity index (χ3v) is 1.12. The molecule has 0 radical (unpaired) electrons. The average molecular weight is 134 g/mol. The molecule has 0 fully saturated rings. The average Bonchev–Trinajstić information content (AvgIpc) is 1.88. The van der Waals surface area contributed by atoms with Crippen molar-refractivity contribution in [3.63, 3.8) is 0 Å². The van der Waals surface area contributed by atoms with Crippen molar-refractivity contribution in [1.82, 2.24) is 9.97 Å². The number of allylic oxidation sites excluding steroid dienone is 1. The summed E-state index contributed by atoms with van der Waals surface area (Å²) in [5, 5.41) is 0. The van der Waals surface area contributed by atoms with E-state index in [0.29, 0.717) is 0 Å². The van der Waals surface area contributed by atoms with Gasteiger partial charge in [0, 0.05) is 12.4 Å². The zero-order valence-corrected chi connectivity index (χ0v) is 6.04. The van der Waals surface area contributed by atoms with Crippen LogP contribution in [0, 0.1) is 0 Å². The van der Waals surface area contributed by atoms with Crippen molar-refractivity contribution < 1.29 is 0 Å². The van der Waals surface area contributed by atoms with Crippen LogP contribution in [0.25, 0.3) is 0 Å². The number of aromatic nitrogens is 2. The van der Waals surface area contributed by atoms with Crippen molar-refractivity contribution in [3.8, 4) is 0 Å². The molecule has 1 heterocycles. The second-order valence-corrected chi connectivity index (χ2v) is 2.38. The van der Waals surface area contributed by atoms with Crippen LogP contribution in [0.1, 0.15) is 12.5 Å². The maximum atomic E-state index is 3.89. The fourth-order valence-electron chi connectivity index (χ4n) is 0.770. The summed E-state index contributed by atoms with van der Waals surface area (Å²) >= 11 is 0. The van der Waals surface area contributed by atoms with E-state index in [2.05, 4.69) is 16.5 Å². The summed E-state index contributed by atoms with van der Waals surface area (Å²) in [6, 6.07) is 0. The van der Waals surface area contributed by atoms with Crippen molar-refractivity contribution in [3.05, 3.63) is 36.4 Å². The summed E-state index contributed by atoms with van der Waals surface area (Å²) in [6.45, 7) is 5.79. The monoisotopic (exact) mass is 134 g/mol. The molecule has 0 unspecified atom stereocenters. The Balaban J connectivity index is 2.67. The Labute approximate surface area is 60.6 Å². The fourth-order valence-corrected chi connectivity index (χ4v) is 0.770. The topological polar surface area (TPSA) is 25.8 Å². The molecule has 1 aromatic heterocycles. The highest BCUT2D eigenvalue weighted by Gasteiger charge is 1.90. The summed E-state index contributed by atoms with van der Waals surface area (Å²) in [4.78, 5) is 7.77. The summed E-state index contributed by atoms with van der Waals surface area (Å²) in [5.41, 5.74) is 2.25. The van der Waals surface area contributed by atoms with Gasteiger partial charge in [0.25, 0.3) is 0 Å². The molecule has 0 amide bonds. The first kappa shape index (κ1) is 6.93. The molecule has 1 aromatic rings. The highest BCUT2D eigenvalue weighted by atomic mass is 14.8. The molecule has 0 spiro atoms. The molecule has 0 N–H and O–H groups in total. The van der Waals surface area contributed by atoms with Crippen LogP contribution in [-0.4, -0.2) is 9.97 Å². The van der Waals surface area contributed by atoms with Gasteiger partial charge in [-0.2, -0.15) is 0 Å². The number of hydrogen-bond donors (Lipinski definition) is 0. The molecular weight excluding hydrogens is 124 g/mol. The molecule has 0 aliphatic carbocycles. The van der Waals surface area contributed by atoms with Gasteiger partial charge in [0.2, 0.25) is 0 Å². The van der Waals surface area contributed by atoms with E-state index in [1.165, 1.54) is 6.33 Å². The van der Waals surface area contributed by atoms with Crippen molar-refractivity contribution in [1.29, 1.82) is 0 Å². The van der Waals surface area contributed by atoms with Crippen LogP contribution in [-0.2, 0) is 6.42 Å². The summed E-state index contributed by atoms with van der Waals surface area (Å²) in [7, 11) is 0. The first-order valence-corrected chi connectivity index (χ1v) is 3.17. The van der Waals surface area contributed by atoms with E-state index in [1.54, 1.807) is 0 Å². The summed E-state index contributed by atoms with van der Waals surface area (Å²) in [6.07, 6.45) is 6.02. The SMILES string of the molecule is C=C(C)Cc1cncnc1. The first-order chi connectivity index (χ1) is 4.79. The van der Waals surface area contributed by atoms with Crippen molar-refractivity contribution in [2.45, 2.75) is 13.3 Å². The Morgan fingerprint density at radius 3 is 2.60 bits per heavy atom. The lowest BCUT2D eigenvalue weighted by molar-refractivity contribution is 1.06. The molecule has 1 rings (SSSR count). The van der Waals surface area contributed by atoms with Gasteiger partial charge in [0.15, 0.2) is 0 Å². The van der Waals surface area contributed by atoms with Gasteiger partial charge < -0.3 is 0 Å². The molecule has 0 aliphatic heterocycles. The zero-order valence-electron chi connectivity index (χ0n) is 6.04. The van der Waals surface area contributed by atoms with Crippen molar-refractivity contribution in [2.24, 2.45) is 0 Å². The molecule has 0 aromatic carbocycles. The lowest BCUT2D eigenvalue weighted by Crippen LogP contribution is -1.87. The van der Waals surface area contributed by atoms with E-state index in [4.69, 9.17) is 0 Å². The van der Waals surface area contributed by atoms with E-state index in [0.717, 1.165) is 17.6 Å². The molecule has 0 bridgehead atoms. The van der Waals surface area contributed by atoms with Crippen LogP contribution >= 0.6 is 0 Å². The van der Waals surface area contributed by atoms with Crippen LogP contribution < -0.4 is 0 Å². The third-order valence-electron chi connectivity index (χ3n) is 1.12. The minimum Gasteiger partial charge on any atom is -0.245 e. The maximum absolute atomic E-state index is 3.89. The number of rotatable bonds is 2. The quantitative estimate of drug-likeness (QED) is 0.574. The first-order valence-electron chi connectivity index (χ1n) is 3.17. The zero-order chi connectivity index (χ0) is 7.40. The predicted octanol–water partition coefficient (Wildman–Crippen LogP) is 1.60. The van der Waals surface area contributed by atoms with Gasteiger partial charge >= 0.3 is 0 Å². The van der Waals surface area contributed by atoms with Crippen LogP contribution in [0.2, 0.25) is 0 Å². The molecule has 52 valence electrons. The molecule has 2 nitrogen and oxygen atoms in total. The van der Waals surface area contributed by atoms with Gasteiger partial charge in [-0.3, -0.25) is 0 Å². The lowest BCUT2D eigenvalue weighted by Gasteiger charge is -1.95. The van der Waals surface area contributed by atoms with Crippen LogP contribution in [0.3, 0.4) is 0 Å². The van der Waals surface area contributed by atoms with E-state index in [9.17, 15) is 0 Å². The number of nitrogens with zero attached hydrogens (tertiary/aromatic N) is 2. The normalized spacial score (nSPS) is 9.30. The van der Waals surface area contributed by atoms with E-state index >= 15 is 0 Å². The Hall–Kier alpha value is -1.18. The minimum atomic E-state index is 0.876. The molecule has 0 saturated carbocycles. The van der Waals surface area contributed by atoms with Gasteiger partial charge in [0.1, 0.15) is 6.33 Å². The molecule has 2 heteroatoms. The second kappa shape index (κ2) is 3.11. The van der Waals surface area contributed by atoms with Gasteiger partial charge in [-0.25, -0.2) is 9.97 Å². The van der Waals surface area contributed by atoms with Crippen molar-refractivity contribution in [2.75, 3.05) is 0 Å². The van der Waals surface area contributed by atoms with Crippen LogP contribution in [0.15, 0.2) is 30.9 Å². The Morgan fingerprint density at radius 1 is 1.50 bits per heavy atom. The Morgan fingerprint density at radius 2 is 2.10 bits per heavy atom. The fraction of sp³-hybridized carbons (Fsp3) is 0.250. The molecule has 0 aliphatic rings. The molecule has 0 saturated heterocycles. The van der Waals surface area contributed by atoms with Crippen LogP contribution in [0.5, 0.6) is 0 Å². The third kappa shape index (κ3) is 1.97. The molecular formula is C8H10N2. The van der Waals surface area contributed by atoms with E-state index in [1.807, 2.05) is 19.3 Å².